The van der Waals surface area contributed by atoms with Crippen LogP contribution in [0.3, 0.4) is 0 Å². The Bertz CT molecular complexity index is 866. The molecule has 2 aromatic rings. The van der Waals surface area contributed by atoms with Gasteiger partial charge in [0, 0.05) is 25.6 Å². The Hall–Kier alpha value is -2.15. The minimum atomic E-state index is -0.852. The second kappa shape index (κ2) is 6.19. The van der Waals surface area contributed by atoms with E-state index in [1.54, 1.807) is 16.2 Å². The van der Waals surface area contributed by atoms with Gasteiger partial charge in [-0.15, -0.1) is 0 Å². The molecule has 1 amide bonds. The Morgan fingerprint density at radius 3 is 2.59 bits per heavy atom. The highest BCUT2D eigenvalue weighted by atomic mass is 32.1. The third-order valence-corrected chi connectivity index (χ3v) is 7.48. The normalized spacial score (nSPS) is 24.7. The number of anilines is 1. The molecule has 1 spiro atoms. The average molecular weight is 385 g/mol. The van der Waals surface area contributed by atoms with E-state index in [-0.39, 0.29) is 17.2 Å². The van der Waals surface area contributed by atoms with Crippen LogP contribution in [0.15, 0.2) is 24.3 Å². The van der Waals surface area contributed by atoms with E-state index in [1.807, 2.05) is 18.2 Å². The lowest BCUT2D eigenvalue weighted by molar-refractivity contribution is -0.148. The number of aliphatic carboxylic acids is 1. The SMILES string of the molecule is O=C(O)C1CC2(CCN(c3nc4ccccc4s3)CC2)CN1C(=O)C1CC1. The summed E-state index contributed by atoms with van der Waals surface area (Å²) in [6.45, 7) is 2.35. The van der Waals surface area contributed by atoms with E-state index in [2.05, 4.69) is 11.0 Å². The molecule has 3 fully saturated rings. The zero-order valence-corrected chi connectivity index (χ0v) is 16.0. The predicted octanol–water partition coefficient (Wildman–Crippen LogP) is 2.98. The number of aromatic nitrogens is 1. The molecule has 3 aliphatic rings. The molecule has 5 rings (SSSR count). The van der Waals surface area contributed by atoms with Crippen LogP contribution in [0.4, 0.5) is 5.13 Å². The van der Waals surface area contributed by atoms with Gasteiger partial charge < -0.3 is 14.9 Å². The van der Waals surface area contributed by atoms with Crippen molar-refractivity contribution in [3.05, 3.63) is 24.3 Å². The number of benzene rings is 1. The largest absolute Gasteiger partial charge is 0.480 e. The second-order valence-corrected chi connectivity index (χ2v) is 9.26. The summed E-state index contributed by atoms with van der Waals surface area (Å²) in [5.74, 6) is -0.716. The van der Waals surface area contributed by atoms with Crippen LogP contribution in [-0.2, 0) is 9.59 Å². The first kappa shape index (κ1) is 17.0. The molecule has 1 aliphatic carbocycles. The van der Waals surface area contributed by atoms with Crippen molar-refractivity contribution in [2.24, 2.45) is 11.3 Å². The molecular formula is C20H23N3O3S. The molecule has 142 valence electrons. The number of likely N-dealkylation sites (tertiary alicyclic amines) is 1. The highest BCUT2D eigenvalue weighted by molar-refractivity contribution is 7.22. The summed E-state index contributed by atoms with van der Waals surface area (Å²) < 4.78 is 1.20. The number of hydrogen-bond donors (Lipinski definition) is 1. The van der Waals surface area contributed by atoms with Crippen molar-refractivity contribution in [1.29, 1.82) is 0 Å². The van der Waals surface area contributed by atoms with E-state index in [1.165, 1.54) is 4.70 Å². The molecule has 1 N–H and O–H groups in total. The fourth-order valence-corrected chi connectivity index (χ4v) is 5.62. The third-order valence-electron chi connectivity index (χ3n) is 6.38. The molecule has 1 saturated carbocycles. The van der Waals surface area contributed by atoms with Gasteiger partial charge in [0.1, 0.15) is 6.04 Å². The van der Waals surface area contributed by atoms with Gasteiger partial charge in [-0.1, -0.05) is 23.5 Å². The highest BCUT2D eigenvalue weighted by Crippen LogP contribution is 2.46. The number of carbonyl (C=O) groups is 2. The number of para-hydroxylation sites is 1. The van der Waals surface area contributed by atoms with E-state index in [4.69, 9.17) is 4.98 Å². The van der Waals surface area contributed by atoms with Crippen LogP contribution >= 0.6 is 11.3 Å². The van der Waals surface area contributed by atoms with Gasteiger partial charge in [-0.25, -0.2) is 9.78 Å². The summed E-state index contributed by atoms with van der Waals surface area (Å²) in [5.41, 5.74) is 0.978. The van der Waals surface area contributed by atoms with Crippen LogP contribution in [0.5, 0.6) is 0 Å². The number of thiazole rings is 1. The lowest BCUT2D eigenvalue weighted by atomic mass is 9.76. The molecule has 1 aromatic carbocycles. The first-order valence-electron chi connectivity index (χ1n) is 9.69. The Balaban J connectivity index is 1.31. The number of nitrogens with zero attached hydrogens (tertiary/aromatic N) is 3. The predicted molar refractivity (Wildman–Crippen MR) is 104 cm³/mol. The number of carboxylic acids is 1. The van der Waals surface area contributed by atoms with Gasteiger partial charge in [-0.3, -0.25) is 4.79 Å². The average Bonchev–Trinajstić information content (AvgIpc) is 3.32. The minimum absolute atomic E-state index is 0.0548. The van der Waals surface area contributed by atoms with Gasteiger partial charge in [0.15, 0.2) is 5.13 Å². The van der Waals surface area contributed by atoms with Gasteiger partial charge >= 0.3 is 5.97 Å². The zero-order valence-electron chi connectivity index (χ0n) is 15.1. The van der Waals surface area contributed by atoms with Crippen LogP contribution in [0.1, 0.15) is 32.1 Å². The number of carbonyl (C=O) groups excluding carboxylic acids is 1. The van der Waals surface area contributed by atoms with Crippen molar-refractivity contribution in [2.75, 3.05) is 24.5 Å². The summed E-state index contributed by atoms with van der Waals surface area (Å²) in [7, 11) is 0. The number of amides is 1. The van der Waals surface area contributed by atoms with E-state index < -0.39 is 12.0 Å². The van der Waals surface area contributed by atoms with Crippen LogP contribution in [0.25, 0.3) is 10.2 Å². The quantitative estimate of drug-likeness (QED) is 0.879. The maximum absolute atomic E-state index is 12.6. The van der Waals surface area contributed by atoms with Crippen LogP contribution in [0.2, 0.25) is 0 Å². The number of hydrogen-bond acceptors (Lipinski definition) is 5. The molecule has 1 aromatic heterocycles. The van der Waals surface area contributed by atoms with Gasteiger partial charge in [0.25, 0.3) is 0 Å². The van der Waals surface area contributed by atoms with Crippen molar-refractivity contribution in [3.8, 4) is 0 Å². The van der Waals surface area contributed by atoms with Crippen molar-refractivity contribution >= 4 is 38.6 Å². The van der Waals surface area contributed by atoms with Gasteiger partial charge in [0.05, 0.1) is 10.2 Å². The second-order valence-electron chi connectivity index (χ2n) is 8.25. The lowest BCUT2D eigenvalue weighted by Gasteiger charge is -2.39. The first-order valence-corrected chi connectivity index (χ1v) is 10.5. The molecular weight excluding hydrogens is 362 g/mol. The van der Waals surface area contributed by atoms with Crippen LogP contribution in [-0.4, -0.2) is 52.5 Å². The first-order chi connectivity index (χ1) is 13.0. The topological polar surface area (TPSA) is 73.7 Å². The standard InChI is InChI=1S/C20H23N3O3S/c24-17(13-5-6-13)23-12-20(11-15(23)18(25)26)7-9-22(10-8-20)19-21-14-3-1-2-4-16(14)27-19/h1-4,13,15H,5-12H2,(H,25,26). The van der Waals surface area contributed by atoms with Crippen LogP contribution < -0.4 is 4.90 Å². The summed E-state index contributed by atoms with van der Waals surface area (Å²) in [6, 6.07) is 7.53. The number of fused-ring (bicyclic) bond motifs is 1. The maximum atomic E-state index is 12.6. The Morgan fingerprint density at radius 2 is 1.93 bits per heavy atom. The Morgan fingerprint density at radius 1 is 1.19 bits per heavy atom. The zero-order chi connectivity index (χ0) is 18.6. The van der Waals surface area contributed by atoms with Crippen molar-refractivity contribution in [1.82, 2.24) is 9.88 Å². The van der Waals surface area contributed by atoms with Crippen molar-refractivity contribution in [3.63, 3.8) is 0 Å². The number of carboxylic acid groups (broad SMARTS) is 1. The molecule has 0 radical (unpaired) electrons. The molecule has 7 heteroatoms. The van der Waals surface area contributed by atoms with Crippen LogP contribution in [0, 0.1) is 11.3 Å². The Kier molecular flexibility index (Phi) is 3.89. The summed E-state index contributed by atoms with van der Waals surface area (Å²) >= 11 is 1.71. The number of rotatable bonds is 3. The third kappa shape index (κ3) is 2.98. The molecule has 2 saturated heterocycles. The van der Waals surface area contributed by atoms with E-state index in [0.717, 1.165) is 49.4 Å². The van der Waals surface area contributed by atoms with Gasteiger partial charge in [-0.05, 0) is 49.7 Å². The highest BCUT2D eigenvalue weighted by Gasteiger charge is 2.51. The number of piperidine rings is 1. The summed E-state index contributed by atoms with van der Waals surface area (Å²) in [6.07, 6.45) is 4.26. The molecule has 1 unspecified atom stereocenters. The van der Waals surface area contributed by atoms with E-state index >= 15 is 0 Å². The molecule has 2 aliphatic heterocycles. The lowest BCUT2D eigenvalue weighted by Crippen LogP contribution is -2.43. The van der Waals surface area contributed by atoms with E-state index in [0.29, 0.717) is 13.0 Å². The fourth-order valence-electron chi connectivity index (χ4n) is 4.60. The maximum Gasteiger partial charge on any atom is 0.326 e. The molecule has 27 heavy (non-hydrogen) atoms. The van der Waals surface area contributed by atoms with Gasteiger partial charge in [-0.2, -0.15) is 0 Å². The molecule has 6 nitrogen and oxygen atoms in total. The Labute approximate surface area is 161 Å². The molecule has 3 heterocycles. The van der Waals surface area contributed by atoms with Crippen molar-refractivity contribution < 1.29 is 14.7 Å². The molecule has 1 atom stereocenters. The van der Waals surface area contributed by atoms with Gasteiger partial charge in [0.2, 0.25) is 5.91 Å². The van der Waals surface area contributed by atoms with E-state index in [9.17, 15) is 14.7 Å². The minimum Gasteiger partial charge on any atom is -0.480 e. The monoisotopic (exact) mass is 385 g/mol. The summed E-state index contributed by atoms with van der Waals surface area (Å²) in [4.78, 5) is 33.1. The smallest absolute Gasteiger partial charge is 0.326 e. The fraction of sp³-hybridized carbons (Fsp3) is 0.550. The summed E-state index contributed by atoms with van der Waals surface area (Å²) in [5, 5.41) is 10.7. The van der Waals surface area contributed by atoms with Crippen molar-refractivity contribution in [2.45, 2.75) is 38.1 Å². The molecule has 0 bridgehead atoms.